The number of ether oxygens (including phenoxy) is 1. The van der Waals surface area contributed by atoms with Crippen molar-refractivity contribution in [2.75, 3.05) is 33.3 Å². The van der Waals surface area contributed by atoms with Crippen molar-refractivity contribution < 1.29 is 9.53 Å². The number of methoxy groups -OCH3 is 1. The first-order valence-corrected chi connectivity index (χ1v) is 8.81. The molecule has 1 saturated heterocycles. The van der Waals surface area contributed by atoms with E-state index >= 15 is 0 Å². The second kappa shape index (κ2) is 6.91. The molecule has 2 aliphatic rings. The summed E-state index contributed by atoms with van der Waals surface area (Å²) in [6.07, 6.45) is 4.04. The van der Waals surface area contributed by atoms with Crippen LogP contribution < -0.4 is 4.74 Å². The third-order valence-electron chi connectivity index (χ3n) is 5.30. The highest BCUT2D eigenvalue weighted by Gasteiger charge is 2.29. The minimum Gasteiger partial charge on any atom is -0.496 e. The van der Waals surface area contributed by atoms with E-state index in [1.54, 1.807) is 7.11 Å². The summed E-state index contributed by atoms with van der Waals surface area (Å²) in [5.74, 6) is 1.34. The van der Waals surface area contributed by atoms with Gasteiger partial charge < -0.3 is 9.64 Å². The molecule has 4 nitrogen and oxygen atoms in total. The molecule has 1 amide bonds. The lowest BCUT2D eigenvalue weighted by Crippen LogP contribution is -2.53. The van der Waals surface area contributed by atoms with Gasteiger partial charge in [-0.15, -0.1) is 0 Å². The van der Waals surface area contributed by atoms with Crippen molar-refractivity contribution in [1.82, 2.24) is 9.80 Å². The molecule has 1 aliphatic carbocycles. The molecule has 0 unspecified atom stereocenters. The predicted octanol–water partition coefficient (Wildman–Crippen LogP) is 3.13. The number of hydrogen-bond acceptors (Lipinski definition) is 3. The molecule has 0 atom stereocenters. The highest BCUT2D eigenvalue weighted by molar-refractivity contribution is 5.94. The molecule has 3 rings (SSSR count). The topological polar surface area (TPSA) is 32.8 Å². The molecule has 126 valence electrons. The lowest BCUT2D eigenvalue weighted by molar-refractivity contribution is 0.0455. The van der Waals surface area contributed by atoms with Gasteiger partial charge in [-0.3, -0.25) is 9.69 Å². The summed E-state index contributed by atoms with van der Waals surface area (Å²) in [6.45, 7) is 7.97. The summed E-state index contributed by atoms with van der Waals surface area (Å²) in [7, 11) is 1.67. The van der Waals surface area contributed by atoms with Crippen LogP contribution in [0, 0.1) is 0 Å². The van der Waals surface area contributed by atoms with Gasteiger partial charge >= 0.3 is 0 Å². The Bertz CT molecular complexity index is 558. The number of carbonyl (C=O) groups excluding carboxylic acids is 1. The fourth-order valence-corrected chi connectivity index (χ4v) is 3.55. The average Bonchev–Trinajstić information content (AvgIpc) is 2.52. The highest BCUT2D eigenvalue weighted by Crippen LogP contribution is 2.29. The molecule has 0 spiro atoms. The zero-order chi connectivity index (χ0) is 16.4. The van der Waals surface area contributed by atoms with Crippen molar-refractivity contribution in [2.45, 2.75) is 45.1 Å². The van der Waals surface area contributed by atoms with E-state index in [0.717, 1.165) is 49.1 Å². The van der Waals surface area contributed by atoms with Crippen molar-refractivity contribution in [2.24, 2.45) is 0 Å². The van der Waals surface area contributed by atoms with Crippen LogP contribution >= 0.6 is 0 Å². The van der Waals surface area contributed by atoms with Gasteiger partial charge in [0, 0.05) is 37.8 Å². The van der Waals surface area contributed by atoms with Crippen LogP contribution in [0.5, 0.6) is 5.75 Å². The number of benzene rings is 1. The zero-order valence-electron chi connectivity index (χ0n) is 14.5. The molecule has 1 aromatic rings. The van der Waals surface area contributed by atoms with Crippen LogP contribution in [0.4, 0.5) is 0 Å². The first-order valence-electron chi connectivity index (χ1n) is 8.81. The molecular formula is C19H28N2O2. The minimum absolute atomic E-state index is 0.131. The van der Waals surface area contributed by atoms with Crippen LogP contribution in [0.25, 0.3) is 0 Å². The Kier molecular flexibility index (Phi) is 4.90. The molecule has 0 aromatic heterocycles. The maximum Gasteiger partial charge on any atom is 0.254 e. The maximum atomic E-state index is 12.8. The second-order valence-corrected chi connectivity index (χ2v) is 7.02. The highest BCUT2D eigenvalue weighted by atomic mass is 16.5. The molecule has 0 N–H and O–H groups in total. The van der Waals surface area contributed by atoms with Crippen molar-refractivity contribution in [1.29, 1.82) is 0 Å². The van der Waals surface area contributed by atoms with Crippen LogP contribution in [0.15, 0.2) is 18.2 Å². The Morgan fingerprint density at radius 3 is 2.39 bits per heavy atom. The first-order chi connectivity index (χ1) is 11.1. The van der Waals surface area contributed by atoms with E-state index in [-0.39, 0.29) is 5.91 Å². The number of piperazine rings is 1. The molecule has 1 aromatic carbocycles. The lowest BCUT2D eigenvalue weighted by Gasteiger charge is -2.43. The molecule has 23 heavy (non-hydrogen) atoms. The number of amides is 1. The van der Waals surface area contributed by atoms with Gasteiger partial charge in [-0.05, 0) is 36.5 Å². The van der Waals surface area contributed by atoms with Gasteiger partial charge in [-0.1, -0.05) is 26.3 Å². The van der Waals surface area contributed by atoms with Gasteiger partial charge in [-0.2, -0.15) is 0 Å². The van der Waals surface area contributed by atoms with Crippen molar-refractivity contribution in [3.63, 3.8) is 0 Å². The molecule has 1 heterocycles. The van der Waals surface area contributed by atoms with E-state index < -0.39 is 0 Å². The Labute approximate surface area is 139 Å². The molecule has 1 saturated carbocycles. The number of carbonyl (C=O) groups is 1. The Morgan fingerprint density at radius 1 is 1.17 bits per heavy atom. The van der Waals surface area contributed by atoms with Gasteiger partial charge in [0.05, 0.1) is 7.11 Å². The van der Waals surface area contributed by atoms with E-state index in [2.05, 4.69) is 18.7 Å². The SMILES string of the molecule is COc1cc(C(=O)N2CCN(C3CCC3)CC2)ccc1C(C)C. The van der Waals surface area contributed by atoms with Crippen LogP contribution in [0.2, 0.25) is 0 Å². The van der Waals surface area contributed by atoms with E-state index in [9.17, 15) is 4.79 Å². The third-order valence-corrected chi connectivity index (χ3v) is 5.30. The smallest absolute Gasteiger partial charge is 0.254 e. The fraction of sp³-hybridized carbons (Fsp3) is 0.632. The maximum absolute atomic E-state index is 12.8. The summed E-state index contributed by atoms with van der Waals surface area (Å²) in [6, 6.07) is 6.65. The Hall–Kier alpha value is -1.55. The standard InChI is InChI=1S/C19H28N2O2/c1-14(2)17-8-7-15(13-18(17)23-3)19(22)21-11-9-20(10-12-21)16-5-4-6-16/h7-8,13-14,16H,4-6,9-12H2,1-3H3. The quantitative estimate of drug-likeness (QED) is 0.855. The van der Waals surface area contributed by atoms with Gasteiger partial charge in [0.2, 0.25) is 0 Å². The molecule has 1 aliphatic heterocycles. The summed E-state index contributed by atoms with van der Waals surface area (Å²) in [5, 5.41) is 0. The van der Waals surface area contributed by atoms with Gasteiger partial charge in [0.25, 0.3) is 5.91 Å². The van der Waals surface area contributed by atoms with Gasteiger partial charge in [0.1, 0.15) is 5.75 Å². The molecule has 0 radical (unpaired) electrons. The fourth-order valence-electron chi connectivity index (χ4n) is 3.55. The third kappa shape index (κ3) is 3.37. The molecule has 2 fully saturated rings. The summed E-state index contributed by atoms with van der Waals surface area (Å²) < 4.78 is 5.48. The molecule has 4 heteroatoms. The second-order valence-electron chi connectivity index (χ2n) is 7.02. The van der Waals surface area contributed by atoms with Crippen LogP contribution in [0.1, 0.15) is 54.9 Å². The Morgan fingerprint density at radius 2 is 1.87 bits per heavy atom. The van der Waals surface area contributed by atoms with E-state index in [4.69, 9.17) is 4.74 Å². The van der Waals surface area contributed by atoms with Crippen LogP contribution in [0.3, 0.4) is 0 Å². The Balaban J connectivity index is 1.66. The monoisotopic (exact) mass is 316 g/mol. The summed E-state index contributed by atoms with van der Waals surface area (Å²) >= 11 is 0. The van der Waals surface area contributed by atoms with Crippen molar-refractivity contribution in [3.05, 3.63) is 29.3 Å². The van der Waals surface area contributed by atoms with E-state index in [1.807, 2.05) is 23.1 Å². The molecular weight excluding hydrogens is 288 g/mol. The number of hydrogen-bond donors (Lipinski definition) is 0. The van der Waals surface area contributed by atoms with E-state index in [0.29, 0.717) is 5.92 Å². The average molecular weight is 316 g/mol. The predicted molar refractivity (Wildman–Crippen MR) is 92.2 cm³/mol. The number of rotatable bonds is 4. The number of nitrogens with zero attached hydrogens (tertiary/aromatic N) is 2. The lowest BCUT2D eigenvalue weighted by atomic mass is 9.91. The largest absolute Gasteiger partial charge is 0.496 e. The van der Waals surface area contributed by atoms with Gasteiger partial charge in [-0.25, -0.2) is 0 Å². The van der Waals surface area contributed by atoms with Crippen molar-refractivity contribution in [3.8, 4) is 5.75 Å². The van der Waals surface area contributed by atoms with Gasteiger partial charge in [0.15, 0.2) is 0 Å². The van der Waals surface area contributed by atoms with Crippen LogP contribution in [-0.4, -0.2) is 55.0 Å². The van der Waals surface area contributed by atoms with Crippen molar-refractivity contribution >= 4 is 5.91 Å². The zero-order valence-corrected chi connectivity index (χ0v) is 14.5. The first kappa shape index (κ1) is 16.3. The normalized spacial score (nSPS) is 19.7. The summed E-state index contributed by atoms with van der Waals surface area (Å²) in [4.78, 5) is 17.3. The molecule has 0 bridgehead atoms. The van der Waals surface area contributed by atoms with Crippen LogP contribution in [-0.2, 0) is 0 Å². The van der Waals surface area contributed by atoms with E-state index in [1.165, 1.54) is 19.3 Å². The minimum atomic E-state index is 0.131. The summed E-state index contributed by atoms with van der Waals surface area (Å²) in [5.41, 5.74) is 1.89.